The molecule has 0 bridgehead atoms. The van der Waals surface area contributed by atoms with Crippen molar-refractivity contribution in [1.82, 2.24) is 4.98 Å². The Morgan fingerprint density at radius 3 is 2.68 bits per heavy atom. The largest absolute Gasteiger partial charge is 0.329 e. The highest BCUT2D eigenvalue weighted by molar-refractivity contribution is 5.59. The van der Waals surface area contributed by atoms with Gasteiger partial charge in [-0.1, -0.05) is 13.0 Å². The van der Waals surface area contributed by atoms with E-state index in [1.54, 1.807) is 6.07 Å². The molecule has 100 valence electrons. The first-order valence-corrected chi connectivity index (χ1v) is 6.33. The van der Waals surface area contributed by atoms with Gasteiger partial charge in [-0.2, -0.15) is 0 Å². The fraction of sp³-hybridized carbons (Fsp3) is 0.267. The van der Waals surface area contributed by atoms with Gasteiger partial charge in [-0.15, -0.1) is 0 Å². The standard InChI is InChI=1S/C15H18FN3/c1-3-13-7-11(10-17)8-15(18-13)19(2)14-6-4-5-12(16)9-14/h4-9H,3,10,17H2,1-2H3. The molecule has 2 N–H and O–H groups in total. The topological polar surface area (TPSA) is 42.1 Å². The van der Waals surface area contributed by atoms with E-state index in [2.05, 4.69) is 11.9 Å². The zero-order chi connectivity index (χ0) is 13.8. The quantitative estimate of drug-likeness (QED) is 0.917. The maximum atomic E-state index is 13.3. The molecule has 0 amide bonds. The smallest absolute Gasteiger partial charge is 0.133 e. The molecule has 2 rings (SSSR count). The monoisotopic (exact) mass is 259 g/mol. The Kier molecular flexibility index (Phi) is 4.12. The van der Waals surface area contributed by atoms with Crippen molar-refractivity contribution in [3.05, 3.63) is 53.5 Å². The minimum absolute atomic E-state index is 0.255. The summed E-state index contributed by atoms with van der Waals surface area (Å²) in [4.78, 5) is 6.42. The molecule has 0 aliphatic carbocycles. The number of pyridine rings is 1. The Labute approximate surface area is 112 Å². The van der Waals surface area contributed by atoms with Gasteiger partial charge in [-0.3, -0.25) is 0 Å². The molecule has 3 nitrogen and oxygen atoms in total. The van der Waals surface area contributed by atoms with E-state index in [9.17, 15) is 4.39 Å². The van der Waals surface area contributed by atoms with Gasteiger partial charge in [0.1, 0.15) is 11.6 Å². The molecule has 0 aliphatic heterocycles. The Hall–Kier alpha value is -1.94. The maximum absolute atomic E-state index is 13.3. The van der Waals surface area contributed by atoms with Gasteiger partial charge in [0.05, 0.1) is 0 Å². The van der Waals surface area contributed by atoms with Crippen LogP contribution in [0.15, 0.2) is 36.4 Å². The van der Waals surface area contributed by atoms with Crippen molar-refractivity contribution in [2.75, 3.05) is 11.9 Å². The molecule has 0 saturated heterocycles. The summed E-state index contributed by atoms with van der Waals surface area (Å²) in [5.74, 6) is 0.528. The van der Waals surface area contributed by atoms with Crippen LogP contribution in [0.25, 0.3) is 0 Å². The lowest BCUT2D eigenvalue weighted by Crippen LogP contribution is -2.13. The first-order valence-electron chi connectivity index (χ1n) is 6.33. The van der Waals surface area contributed by atoms with E-state index in [0.717, 1.165) is 29.2 Å². The number of rotatable bonds is 4. The Morgan fingerprint density at radius 2 is 2.05 bits per heavy atom. The summed E-state index contributed by atoms with van der Waals surface area (Å²) in [6, 6.07) is 10.4. The van der Waals surface area contributed by atoms with Crippen molar-refractivity contribution in [2.45, 2.75) is 19.9 Å². The van der Waals surface area contributed by atoms with Gasteiger partial charge in [-0.05, 0) is 42.3 Å². The summed E-state index contributed by atoms with van der Waals surface area (Å²) in [7, 11) is 1.87. The van der Waals surface area contributed by atoms with Crippen LogP contribution in [-0.2, 0) is 13.0 Å². The summed E-state index contributed by atoms with van der Waals surface area (Å²) in [5.41, 5.74) is 8.49. The van der Waals surface area contributed by atoms with Gasteiger partial charge in [0.25, 0.3) is 0 Å². The van der Waals surface area contributed by atoms with E-state index in [0.29, 0.717) is 6.54 Å². The van der Waals surface area contributed by atoms with Crippen LogP contribution in [0.3, 0.4) is 0 Å². The predicted molar refractivity (Wildman–Crippen MR) is 76.0 cm³/mol. The molecule has 0 atom stereocenters. The summed E-state index contributed by atoms with van der Waals surface area (Å²) < 4.78 is 13.3. The van der Waals surface area contributed by atoms with Crippen LogP contribution < -0.4 is 10.6 Å². The molecule has 0 saturated carbocycles. The number of nitrogens with two attached hydrogens (primary N) is 1. The average molecular weight is 259 g/mol. The molecule has 0 unspecified atom stereocenters. The summed E-state index contributed by atoms with van der Waals surface area (Å²) in [6.07, 6.45) is 0.845. The first-order chi connectivity index (χ1) is 9.13. The van der Waals surface area contributed by atoms with E-state index in [4.69, 9.17) is 5.73 Å². The minimum Gasteiger partial charge on any atom is -0.329 e. The second kappa shape index (κ2) is 5.80. The molecule has 0 aliphatic rings. The second-order valence-corrected chi connectivity index (χ2v) is 4.42. The zero-order valence-electron chi connectivity index (χ0n) is 11.2. The second-order valence-electron chi connectivity index (χ2n) is 4.42. The zero-order valence-corrected chi connectivity index (χ0v) is 11.2. The van der Waals surface area contributed by atoms with Crippen molar-refractivity contribution in [3.8, 4) is 0 Å². The Bertz CT molecular complexity index is 547. The summed E-state index contributed by atoms with van der Waals surface area (Å²) >= 11 is 0. The fourth-order valence-corrected chi connectivity index (χ4v) is 1.92. The van der Waals surface area contributed by atoms with E-state index in [-0.39, 0.29) is 5.82 Å². The number of halogens is 1. The van der Waals surface area contributed by atoms with Gasteiger partial charge in [0.2, 0.25) is 0 Å². The van der Waals surface area contributed by atoms with Crippen LogP contribution in [0.1, 0.15) is 18.2 Å². The van der Waals surface area contributed by atoms with Gasteiger partial charge < -0.3 is 10.6 Å². The van der Waals surface area contributed by atoms with Crippen molar-refractivity contribution in [2.24, 2.45) is 5.73 Å². The van der Waals surface area contributed by atoms with Crippen LogP contribution in [0.2, 0.25) is 0 Å². The Morgan fingerprint density at radius 1 is 1.26 bits per heavy atom. The lowest BCUT2D eigenvalue weighted by molar-refractivity contribution is 0.628. The predicted octanol–water partition coefficient (Wildman–Crippen LogP) is 3.01. The van der Waals surface area contributed by atoms with E-state index >= 15 is 0 Å². The molecule has 1 aromatic carbocycles. The minimum atomic E-state index is -0.255. The third kappa shape index (κ3) is 3.09. The molecule has 0 fully saturated rings. The lowest BCUT2D eigenvalue weighted by atomic mass is 10.2. The van der Waals surface area contributed by atoms with Gasteiger partial charge in [0, 0.05) is 25.0 Å². The molecular formula is C15H18FN3. The van der Waals surface area contributed by atoms with E-state index < -0.39 is 0 Å². The Balaban J connectivity index is 2.40. The third-order valence-corrected chi connectivity index (χ3v) is 3.06. The number of benzene rings is 1. The third-order valence-electron chi connectivity index (χ3n) is 3.06. The molecule has 4 heteroatoms. The lowest BCUT2D eigenvalue weighted by Gasteiger charge is -2.20. The van der Waals surface area contributed by atoms with Crippen LogP contribution in [0, 0.1) is 5.82 Å². The highest BCUT2D eigenvalue weighted by Crippen LogP contribution is 2.23. The van der Waals surface area contributed by atoms with Crippen LogP contribution >= 0.6 is 0 Å². The molecule has 2 aromatic rings. The fourth-order valence-electron chi connectivity index (χ4n) is 1.92. The number of aryl methyl sites for hydroxylation is 1. The number of anilines is 2. The van der Waals surface area contributed by atoms with Crippen LogP contribution in [0.5, 0.6) is 0 Å². The molecular weight excluding hydrogens is 241 g/mol. The van der Waals surface area contributed by atoms with Crippen LogP contribution in [0.4, 0.5) is 15.9 Å². The summed E-state index contributed by atoms with van der Waals surface area (Å²) in [6.45, 7) is 2.52. The molecule has 0 radical (unpaired) electrons. The van der Waals surface area contributed by atoms with Gasteiger partial charge in [-0.25, -0.2) is 9.37 Å². The number of hydrogen-bond acceptors (Lipinski definition) is 3. The number of nitrogens with zero attached hydrogens (tertiary/aromatic N) is 2. The average Bonchev–Trinajstić information content (AvgIpc) is 2.45. The summed E-state index contributed by atoms with van der Waals surface area (Å²) in [5, 5.41) is 0. The van der Waals surface area contributed by atoms with E-state index in [1.807, 2.05) is 30.1 Å². The SMILES string of the molecule is CCc1cc(CN)cc(N(C)c2cccc(F)c2)n1. The van der Waals surface area contributed by atoms with Crippen molar-refractivity contribution in [1.29, 1.82) is 0 Å². The highest BCUT2D eigenvalue weighted by atomic mass is 19.1. The molecule has 1 heterocycles. The molecule has 0 spiro atoms. The van der Waals surface area contributed by atoms with Crippen molar-refractivity contribution < 1.29 is 4.39 Å². The van der Waals surface area contributed by atoms with Gasteiger partial charge >= 0.3 is 0 Å². The molecule has 19 heavy (non-hydrogen) atoms. The number of aromatic nitrogens is 1. The highest BCUT2D eigenvalue weighted by Gasteiger charge is 2.08. The van der Waals surface area contributed by atoms with Crippen molar-refractivity contribution in [3.63, 3.8) is 0 Å². The maximum Gasteiger partial charge on any atom is 0.133 e. The first kappa shape index (κ1) is 13.5. The van der Waals surface area contributed by atoms with E-state index in [1.165, 1.54) is 12.1 Å². The van der Waals surface area contributed by atoms with Crippen LogP contribution in [-0.4, -0.2) is 12.0 Å². The number of hydrogen-bond donors (Lipinski definition) is 1. The normalized spacial score (nSPS) is 10.5. The molecule has 1 aromatic heterocycles. The van der Waals surface area contributed by atoms with Crippen molar-refractivity contribution >= 4 is 11.5 Å². The van der Waals surface area contributed by atoms with Gasteiger partial charge in [0.15, 0.2) is 0 Å².